The van der Waals surface area contributed by atoms with Crippen molar-refractivity contribution in [3.8, 4) is 28.5 Å². The molecule has 10 heteroatoms. The van der Waals surface area contributed by atoms with Gasteiger partial charge in [0.2, 0.25) is 0 Å². The normalized spacial score (nSPS) is 16.4. The van der Waals surface area contributed by atoms with Gasteiger partial charge in [0, 0.05) is 50.2 Å². The quantitative estimate of drug-likeness (QED) is 0.469. The van der Waals surface area contributed by atoms with Crippen molar-refractivity contribution in [3.63, 3.8) is 0 Å². The number of piperazine rings is 1. The fourth-order valence-electron chi connectivity index (χ4n) is 4.83. The highest BCUT2D eigenvalue weighted by molar-refractivity contribution is 5.76. The van der Waals surface area contributed by atoms with Gasteiger partial charge in [0.1, 0.15) is 23.2 Å². The van der Waals surface area contributed by atoms with Gasteiger partial charge < -0.3 is 14.9 Å². The maximum absolute atomic E-state index is 11.8. The molecule has 1 atom stereocenters. The number of aryl methyl sites for hydroxylation is 1. The number of anilines is 1. The van der Waals surface area contributed by atoms with Gasteiger partial charge in [0.05, 0.1) is 24.1 Å². The number of amides is 1. The van der Waals surface area contributed by atoms with E-state index in [1.165, 1.54) is 4.90 Å². The number of nitrogens with zero attached hydrogens (tertiary/aromatic N) is 8. The zero-order valence-electron chi connectivity index (χ0n) is 20.8. The number of nitriles is 1. The fraction of sp³-hybridized carbons (Fsp3) is 0.346. The van der Waals surface area contributed by atoms with Crippen molar-refractivity contribution >= 4 is 17.6 Å². The zero-order chi connectivity index (χ0) is 25.6. The second kappa shape index (κ2) is 8.68. The molecule has 1 unspecified atom stereocenters. The summed E-state index contributed by atoms with van der Waals surface area (Å²) in [7, 11) is 1.87. The monoisotopic (exact) mass is 484 g/mol. The molecule has 1 fully saturated rings. The lowest BCUT2D eigenvalue weighted by molar-refractivity contribution is 0.0747. The van der Waals surface area contributed by atoms with Gasteiger partial charge in [-0.2, -0.15) is 10.4 Å². The van der Waals surface area contributed by atoms with Crippen molar-refractivity contribution < 1.29 is 9.90 Å². The van der Waals surface area contributed by atoms with E-state index in [4.69, 9.17) is 4.98 Å². The number of rotatable bonds is 3. The smallest absolute Gasteiger partial charge is 0.407 e. The molecule has 184 valence electrons. The largest absolute Gasteiger partial charge is 0.465 e. The van der Waals surface area contributed by atoms with Gasteiger partial charge in [-0.15, -0.1) is 0 Å². The molecule has 1 N–H and O–H groups in total. The van der Waals surface area contributed by atoms with E-state index in [1.54, 1.807) is 23.3 Å². The molecule has 5 heterocycles. The van der Waals surface area contributed by atoms with Crippen LogP contribution < -0.4 is 4.90 Å². The van der Waals surface area contributed by atoms with Crippen LogP contribution in [0.2, 0.25) is 0 Å². The Balaban J connectivity index is 1.51. The van der Waals surface area contributed by atoms with E-state index in [9.17, 15) is 15.2 Å². The van der Waals surface area contributed by atoms with Crippen molar-refractivity contribution in [1.29, 1.82) is 5.26 Å². The molecular weight excluding hydrogens is 456 g/mol. The van der Waals surface area contributed by atoms with Gasteiger partial charge >= 0.3 is 6.09 Å². The van der Waals surface area contributed by atoms with Crippen LogP contribution in [0.15, 0.2) is 49.1 Å². The summed E-state index contributed by atoms with van der Waals surface area (Å²) in [6.45, 7) is 7.76. The molecule has 4 aromatic heterocycles. The first kappa shape index (κ1) is 23.4. The number of hydrogen-bond donors (Lipinski definition) is 1. The Kier molecular flexibility index (Phi) is 5.63. The van der Waals surface area contributed by atoms with Crippen molar-refractivity contribution in [3.05, 3.63) is 54.7 Å². The average Bonchev–Trinajstić information content (AvgIpc) is 3.48. The molecule has 0 aromatic carbocycles. The highest BCUT2D eigenvalue weighted by atomic mass is 16.4. The van der Waals surface area contributed by atoms with Crippen molar-refractivity contribution in [1.82, 2.24) is 29.0 Å². The number of imidazole rings is 1. The Morgan fingerprint density at radius 3 is 2.50 bits per heavy atom. The van der Waals surface area contributed by atoms with Crippen LogP contribution in [0.4, 0.5) is 10.6 Å². The number of carbonyl (C=O) groups is 1. The second-order valence-electron chi connectivity index (χ2n) is 10.2. The topological polar surface area (TPSA) is 116 Å². The van der Waals surface area contributed by atoms with Gasteiger partial charge in [0.15, 0.2) is 0 Å². The van der Waals surface area contributed by atoms with Crippen LogP contribution in [0, 0.1) is 16.7 Å². The molecule has 0 radical (unpaired) electrons. The Hall–Kier alpha value is -4.39. The molecule has 5 rings (SSSR count). The van der Waals surface area contributed by atoms with E-state index in [2.05, 4.69) is 41.8 Å². The fourth-order valence-corrected chi connectivity index (χ4v) is 4.83. The van der Waals surface area contributed by atoms with Crippen LogP contribution in [0.3, 0.4) is 0 Å². The van der Waals surface area contributed by atoms with Crippen LogP contribution in [0.1, 0.15) is 26.5 Å². The van der Waals surface area contributed by atoms with Gasteiger partial charge in [-0.05, 0) is 35.2 Å². The van der Waals surface area contributed by atoms with Gasteiger partial charge in [-0.3, -0.25) is 9.08 Å². The summed E-state index contributed by atoms with van der Waals surface area (Å²) in [6, 6.07) is 9.98. The summed E-state index contributed by atoms with van der Waals surface area (Å²) < 4.78 is 3.58. The summed E-state index contributed by atoms with van der Waals surface area (Å²) in [4.78, 5) is 24.6. The highest BCUT2D eigenvalue weighted by Gasteiger charge is 2.38. The minimum absolute atomic E-state index is 0.148. The average molecular weight is 485 g/mol. The lowest BCUT2D eigenvalue weighted by atomic mass is 9.84. The van der Waals surface area contributed by atoms with Crippen LogP contribution in [0.25, 0.3) is 28.0 Å². The lowest BCUT2D eigenvalue weighted by Gasteiger charge is -2.46. The molecule has 4 aromatic rings. The molecule has 10 nitrogen and oxygen atoms in total. The number of hydrogen-bond acceptors (Lipinski definition) is 6. The summed E-state index contributed by atoms with van der Waals surface area (Å²) >= 11 is 0. The number of aromatic nitrogens is 5. The molecule has 36 heavy (non-hydrogen) atoms. The van der Waals surface area contributed by atoms with E-state index in [0.717, 1.165) is 28.2 Å². The maximum Gasteiger partial charge on any atom is 0.407 e. The lowest BCUT2D eigenvalue weighted by Crippen LogP contribution is -2.59. The minimum atomic E-state index is -0.885. The summed E-state index contributed by atoms with van der Waals surface area (Å²) in [6.07, 6.45) is 6.22. The number of fused-ring (bicyclic) bond motifs is 1. The molecule has 0 spiro atoms. The van der Waals surface area contributed by atoms with Crippen molar-refractivity contribution in [2.75, 3.05) is 24.5 Å². The minimum Gasteiger partial charge on any atom is -0.465 e. The number of carboxylic acid groups (broad SMARTS) is 1. The van der Waals surface area contributed by atoms with Crippen molar-refractivity contribution in [2.45, 2.75) is 26.8 Å². The van der Waals surface area contributed by atoms with Gasteiger partial charge in [0.25, 0.3) is 0 Å². The Labute approximate surface area is 209 Å². The summed E-state index contributed by atoms with van der Waals surface area (Å²) in [5.74, 6) is 0.795. The molecule has 1 aliphatic rings. The SMILES string of the molecule is Cn1cc(-c2cc(-c3ccc(N4CCN(C(=O)O)C(C(C)(C)C)C4)nc3)n3c(C#N)cnc3c2)cn1. The van der Waals surface area contributed by atoms with Crippen molar-refractivity contribution in [2.24, 2.45) is 12.5 Å². The van der Waals surface area contributed by atoms with Gasteiger partial charge in [-0.1, -0.05) is 20.8 Å². The van der Waals surface area contributed by atoms with E-state index in [-0.39, 0.29) is 11.5 Å². The Bertz CT molecular complexity index is 1470. The standard InChI is InChI=1S/C26H28N8O2/c1-26(2,3)22-16-32(7-8-33(22)25(35)36)23-6-5-17(12-28-23)21-9-18(19-13-30-31(4)15-19)10-24-29-14-20(11-27)34(21)24/h5-6,9-10,12-15,22H,7-8,16H2,1-4H3,(H,35,36). The van der Waals surface area contributed by atoms with Crippen LogP contribution >= 0.6 is 0 Å². The molecule has 0 bridgehead atoms. The summed E-state index contributed by atoms with van der Waals surface area (Å²) in [5, 5.41) is 23.6. The third-order valence-corrected chi connectivity index (χ3v) is 6.75. The summed E-state index contributed by atoms with van der Waals surface area (Å²) in [5.41, 5.74) is 4.47. The zero-order valence-corrected chi connectivity index (χ0v) is 20.8. The first-order valence-electron chi connectivity index (χ1n) is 11.8. The third kappa shape index (κ3) is 4.13. The van der Waals surface area contributed by atoms with E-state index in [0.29, 0.717) is 31.0 Å². The molecule has 1 amide bonds. The van der Waals surface area contributed by atoms with Crippen LogP contribution in [-0.4, -0.2) is 65.9 Å². The predicted molar refractivity (Wildman–Crippen MR) is 136 cm³/mol. The molecule has 1 saturated heterocycles. The molecule has 0 aliphatic carbocycles. The first-order chi connectivity index (χ1) is 17.2. The molecule has 0 saturated carbocycles. The maximum atomic E-state index is 11.8. The third-order valence-electron chi connectivity index (χ3n) is 6.75. The van der Waals surface area contributed by atoms with Crippen LogP contribution in [0.5, 0.6) is 0 Å². The Morgan fingerprint density at radius 2 is 1.89 bits per heavy atom. The predicted octanol–water partition coefficient (Wildman–Crippen LogP) is 3.88. The highest BCUT2D eigenvalue weighted by Crippen LogP contribution is 2.32. The first-order valence-corrected chi connectivity index (χ1v) is 11.8. The second-order valence-corrected chi connectivity index (χ2v) is 10.2. The van der Waals surface area contributed by atoms with Crippen LogP contribution in [-0.2, 0) is 7.05 Å². The molecule has 1 aliphatic heterocycles. The van der Waals surface area contributed by atoms with Gasteiger partial charge in [-0.25, -0.2) is 14.8 Å². The van der Waals surface area contributed by atoms with E-state index in [1.807, 2.05) is 41.9 Å². The Morgan fingerprint density at radius 1 is 1.08 bits per heavy atom. The molecular formula is C26H28N8O2. The number of pyridine rings is 2. The van der Waals surface area contributed by atoms with E-state index < -0.39 is 6.09 Å². The van der Waals surface area contributed by atoms with E-state index >= 15 is 0 Å².